The van der Waals surface area contributed by atoms with Crippen LogP contribution in [-0.2, 0) is 9.59 Å². The predicted molar refractivity (Wildman–Crippen MR) is 95.3 cm³/mol. The first kappa shape index (κ1) is 18.4. The highest BCUT2D eigenvalue weighted by atomic mass is 35.5. The van der Waals surface area contributed by atoms with Crippen molar-refractivity contribution in [2.75, 3.05) is 13.7 Å². The van der Waals surface area contributed by atoms with Crippen molar-refractivity contribution >= 4 is 29.5 Å². The van der Waals surface area contributed by atoms with Crippen LogP contribution in [0.15, 0.2) is 54.6 Å². The second-order valence-electron chi connectivity index (χ2n) is 4.83. The SMILES string of the molecule is COc1ccccc1C=CC(=O)NNC(=O)COc1ccccc1Cl. The zero-order valence-corrected chi connectivity index (χ0v) is 14.2. The molecule has 0 aliphatic heterocycles. The molecule has 0 fully saturated rings. The molecule has 0 heterocycles. The Bertz CT molecular complexity index is 777. The maximum absolute atomic E-state index is 11.7. The molecule has 0 unspecified atom stereocenters. The molecule has 0 saturated carbocycles. The summed E-state index contributed by atoms with van der Waals surface area (Å²) in [6.45, 7) is -0.278. The van der Waals surface area contributed by atoms with Gasteiger partial charge >= 0.3 is 0 Å². The van der Waals surface area contributed by atoms with Crippen LogP contribution in [0.25, 0.3) is 6.08 Å². The summed E-state index contributed by atoms with van der Waals surface area (Å²) in [6, 6.07) is 14.0. The van der Waals surface area contributed by atoms with Gasteiger partial charge in [-0.1, -0.05) is 41.9 Å². The van der Waals surface area contributed by atoms with Crippen LogP contribution in [0.5, 0.6) is 11.5 Å². The average Bonchev–Trinajstić information content (AvgIpc) is 2.64. The van der Waals surface area contributed by atoms with Crippen LogP contribution in [0.2, 0.25) is 5.02 Å². The van der Waals surface area contributed by atoms with Crippen LogP contribution in [0.3, 0.4) is 0 Å². The van der Waals surface area contributed by atoms with Gasteiger partial charge in [0.15, 0.2) is 6.61 Å². The fourth-order valence-corrected chi connectivity index (χ4v) is 2.07. The van der Waals surface area contributed by atoms with Crippen molar-refractivity contribution in [3.63, 3.8) is 0 Å². The van der Waals surface area contributed by atoms with E-state index >= 15 is 0 Å². The first-order valence-electron chi connectivity index (χ1n) is 7.37. The van der Waals surface area contributed by atoms with Crippen molar-refractivity contribution in [2.45, 2.75) is 0 Å². The molecule has 25 heavy (non-hydrogen) atoms. The first-order chi connectivity index (χ1) is 12.1. The summed E-state index contributed by atoms with van der Waals surface area (Å²) in [4.78, 5) is 23.4. The van der Waals surface area contributed by atoms with E-state index in [0.29, 0.717) is 16.5 Å². The van der Waals surface area contributed by atoms with Gasteiger partial charge in [-0.05, 0) is 24.3 Å². The lowest BCUT2D eigenvalue weighted by Gasteiger charge is -2.08. The lowest BCUT2D eigenvalue weighted by atomic mass is 10.2. The molecule has 0 bridgehead atoms. The van der Waals surface area contributed by atoms with Gasteiger partial charge in [0.2, 0.25) is 0 Å². The summed E-state index contributed by atoms with van der Waals surface area (Å²) in [5.41, 5.74) is 5.25. The topological polar surface area (TPSA) is 76.7 Å². The number of carbonyl (C=O) groups excluding carboxylic acids is 2. The minimum Gasteiger partial charge on any atom is -0.496 e. The fourth-order valence-electron chi connectivity index (χ4n) is 1.88. The standard InChI is InChI=1S/C18H17ClN2O4/c1-24-15-8-4-2-6-13(15)10-11-17(22)20-21-18(23)12-25-16-9-5-3-7-14(16)19/h2-11H,12H2,1H3,(H,20,22)(H,21,23). The van der Waals surface area contributed by atoms with Gasteiger partial charge in [-0.25, -0.2) is 0 Å². The summed E-state index contributed by atoms with van der Waals surface area (Å²) in [6.07, 6.45) is 2.87. The Morgan fingerprint density at radius 1 is 1.04 bits per heavy atom. The second kappa shape index (κ2) is 9.34. The number of para-hydroxylation sites is 2. The molecule has 2 N–H and O–H groups in total. The Morgan fingerprint density at radius 3 is 2.44 bits per heavy atom. The number of ether oxygens (including phenoxy) is 2. The minimum absolute atomic E-state index is 0.278. The first-order valence-corrected chi connectivity index (χ1v) is 7.75. The molecule has 0 aliphatic carbocycles. The van der Waals surface area contributed by atoms with Crippen LogP contribution >= 0.6 is 11.6 Å². The Labute approximate surface area is 150 Å². The summed E-state index contributed by atoms with van der Waals surface area (Å²) >= 11 is 5.91. The lowest BCUT2D eigenvalue weighted by Crippen LogP contribution is -2.43. The number of hydrogen-bond acceptors (Lipinski definition) is 4. The highest BCUT2D eigenvalue weighted by Crippen LogP contribution is 2.22. The molecule has 0 atom stereocenters. The molecule has 0 spiro atoms. The number of methoxy groups -OCH3 is 1. The van der Waals surface area contributed by atoms with E-state index in [-0.39, 0.29) is 6.61 Å². The van der Waals surface area contributed by atoms with Crippen LogP contribution in [-0.4, -0.2) is 25.5 Å². The normalized spacial score (nSPS) is 10.3. The highest BCUT2D eigenvalue weighted by molar-refractivity contribution is 6.32. The van der Waals surface area contributed by atoms with Gasteiger partial charge < -0.3 is 9.47 Å². The largest absolute Gasteiger partial charge is 0.496 e. The number of benzene rings is 2. The van der Waals surface area contributed by atoms with E-state index in [1.807, 2.05) is 12.1 Å². The molecule has 0 saturated heterocycles. The quantitative estimate of drug-likeness (QED) is 0.613. The third-order valence-corrected chi connectivity index (χ3v) is 3.39. The number of rotatable bonds is 6. The molecule has 0 radical (unpaired) electrons. The smallest absolute Gasteiger partial charge is 0.276 e. The van der Waals surface area contributed by atoms with Crippen molar-refractivity contribution in [3.8, 4) is 11.5 Å². The van der Waals surface area contributed by atoms with Crippen LogP contribution in [0, 0.1) is 0 Å². The van der Waals surface area contributed by atoms with Gasteiger partial charge in [-0.15, -0.1) is 0 Å². The maximum atomic E-state index is 11.7. The molecule has 2 aromatic carbocycles. The number of carbonyl (C=O) groups is 2. The third-order valence-electron chi connectivity index (χ3n) is 3.07. The summed E-state index contributed by atoms with van der Waals surface area (Å²) in [5.74, 6) is 0.0291. The van der Waals surface area contributed by atoms with E-state index in [2.05, 4.69) is 10.9 Å². The molecular formula is C18H17ClN2O4. The molecule has 7 heteroatoms. The monoisotopic (exact) mass is 360 g/mol. The van der Waals surface area contributed by atoms with E-state index in [4.69, 9.17) is 21.1 Å². The zero-order valence-electron chi connectivity index (χ0n) is 13.5. The predicted octanol–water partition coefficient (Wildman–Crippen LogP) is 2.59. The van der Waals surface area contributed by atoms with Crippen molar-refractivity contribution in [1.29, 1.82) is 0 Å². The fraction of sp³-hybridized carbons (Fsp3) is 0.111. The van der Waals surface area contributed by atoms with Crippen molar-refractivity contribution in [2.24, 2.45) is 0 Å². The van der Waals surface area contributed by atoms with E-state index in [0.717, 1.165) is 5.56 Å². The number of hydrogen-bond donors (Lipinski definition) is 2. The van der Waals surface area contributed by atoms with E-state index in [1.165, 1.54) is 6.08 Å². The summed E-state index contributed by atoms with van der Waals surface area (Å²) in [5, 5.41) is 0.402. The Kier molecular flexibility index (Phi) is 6.86. The van der Waals surface area contributed by atoms with Gasteiger partial charge in [-0.2, -0.15) is 0 Å². The van der Waals surface area contributed by atoms with Crippen molar-refractivity contribution < 1.29 is 19.1 Å². The van der Waals surface area contributed by atoms with E-state index < -0.39 is 11.8 Å². The molecule has 0 aromatic heterocycles. The Morgan fingerprint density at radius 2 is 1.72 bits per heavy atom. The lowest BCUT2D eigenvalue weighted by molar-refractivity contribution is -0.128. The molecule has 2 amide bonds. The number of hydrazine groups is 1. The molecule has 2 aromatic rings. The average molecular weight is 361 g/mol. The van der Waals surface area contributed by atoms with Gasteiger partial charge in [-0.3, -0.25) is 20.4 Å². The molecule has 2 rings (SSSR count). The Balaban J connectivity index is 1.78. The van der Waals surface area contributed by atoms with E-state index in [1.54, 1.807) is 49.6 Å². The number of amides is 2. The molecule has 0 aliphatic rings. The molecular weight excluding hydrogens is 344 g/mol. The Hall–Kier alpha value is -2.99. The van der Waals surface area contributed by atoms with Gasteiger partial charge in [0.1, 0.15) is 11.5 Å². The van der Waals surface area contributed by atoms with Crippen LogP contribution in [0.4, 0.5) is 0 Å². The summed E-state index contributed by atoms with van der Waals surface area (Å²) in [7, 11) is 1.55. The zero-order chi connectivity index (χ0) is 18.1. The molecule has 6 nitrogen and oxygen atoms in total. The van der Waals surface area contributed by atoms with Gasteiger partial charge in [0, 0.05) is 11.6 Å². The second-order valence-corrected chi connectivity index (χ2v) is 5.24. The van der Waals surface area contributed by atoms with Gasteiger partial charge in [0.05, 0.1) is 12.1 Å². The van der Waals surface area contributed by atoms with Crippen LogP contribution < -0.4 is 20.3 Å². The van der Waals surface area contributed by atoms with Crippen LogP contribution in [0.1, 0.15) is 5.56 Å². The maximum Gasteiger partial charge on any atom is 0.276 e. The van der Waals surface area contributed by atoms with Gasteiger partial charge in [0.25, 0.3) is 11.8 Å². The minimum atomic E-state index is -0.515. The van der Waals surface area contributed by atoms with E-state index in [9.17, 15) is 9.59 Å². The molecule has 130 valence electrons. The number of halogens is 1. The van der Waals surface area contributed by atoms with Crippen molar-refractivity contribution in [1.82, 2.24) is 10.9 Å². The third kappa shape index (κ3) is 5.86. The summed E-state index contributed by atoms with van der Waals surface area (Å²) < 4.78 is 10.4. The number of nitrogens with one attached hydrogen (secondary N) is 2. The highest BCUT2D eigenvalue weighted by Gasteiger charge is 2.06. The van der Waals surface area contributed by atoms with Crippen molar-refractivity contribution in [3.05, 3.63) is 65.2 Å².